The van der Waals surface area contributed by atoms with Crippen LogP contribution < -0.4 is 5.56 Å². The van der Waals surface area contributed by atoms with Gasteiger partial charge in [-0.1, -0.05) is 30.3 Å². The summed E-state index contributed by atoms with van der Waals surface area (Å²) < 4.78 is 6.83. The number of hydrogen-bond donors (Lipinski definition) is 0. The van der Waals surface area contributed by atoms with Crippen LogP contribution in [-0.2, 0) is 16.1 Å². The second-order valence-corrected chi connectivity index (χ2v) is 6.93. The molecule has 0 aliphatic carbocycles. The molecule has 1 aromatic carbocycles. The van der Waals surface area contributed by atoms with Crippen LogP contribution in [-0.4, -0.2) is 22.1 Å². The lowest BCUT2D eigenvalue weighted by Crippen LogP contribution is -2.33. The Labute approximate surface area is 148 Å². The van der Waals surface area contributed by atoms with E-state index in [-0.39, 0.29) is 11.5 Å². The number of rotatable bonds is 3. The highest BCUT2D eigenvalue weighted by atomic mass is 32.1. The lowest BCUT2D eigenvalue weighted by Gasteiger charge is -2.24. The number of ether oxygens (including phenoxy) is 1. The molecule has 3 aromatic rings. The molecule has 0 radical (unpaired) electrons. The minimum Gasteiger partial charge on any atom is -0.465 e. The Morgan fingerprint density at radius 1 is 1.36 bits per heavy atom. The van der Waals surface area contributed by atoms with Crippen molar-refractivity contribution in [3.63, 3.8) is 0 Å². The summed E-state index contributed by atoms with van der Waals surface area (Å²) in [6, 6.07) is 9.85. The van der Waals surface area contributed by atoms with E-state index < -0.39 is 5.92 Å². The average molecular weight is 354 g/mol. The van der Waals surface area contributed by atoms with Gasteiger partial charge in [-0.25, -0.2) is 4.98 Å². The summed E-state index contributed by atoms with van der Waals surface area (Å²) in [6.07, 6.45) is 1.45. The van der Waals surface area contributed by atoms with Gasteiger partial charge in [-0.15, -0.1) is 11.3 Å². The van der Waals surface area contributed by atoms with E-state index in [0.29, 0.717) is 35.6 Å². The molecule has 6 heteroatoms. The second kappa shape index (κ2) is 6.44. The monoisotopic (exact) mass is 354 g/mol. The van der Waals surface area contributed by atoms with Gasteiger partial charge >= 0.3 is 5.97 Å². The zero-order chi connectivity index (χ0) is 17.4. The third-order valence-corrected chi connectivity index (χ3v) is 5.44. The maximum absolute atomic E-state index is 13.1. The second-order valence-electron chi connectivity index (χ2n) is 6.07. The van der Waals surface area contributed by atoms with E-state index in [1.54, 1.807) is 11.5 Å². The van der Waals surface area contributed by atoms with Crippen LogP contribution in [0.3, 0.4) is 0 Å². The quantitative estimate of drug-likeness (QED) is 0.675. The fourth-order valence-corrected chi connectivity index (χ4v) is 4.35. The molecule has 0 amide bonds. The molecule has 1 aliphatic heterocycles. The zero-order valence-electron chi connectivity index (χ0n) is 13.9. The highest BCUT2D eigenvalue weighted by molar-refractivity contribution is 7.17. The van der Waals surface area contributed by atoms with Crippen LogP contribution in [0.25, 0.3) is 21.3 Å². The number of carbonyl (C=O) groups is 1. The van der Waals surface area contributed by atoms with Crippen molar-refractivity contribution in [2.45, 2.75) is 32.2 Å². The van der Waals surface area contributed by atoms with Crippen molar-refractivity contribution >= 4 is 27.5 Å². The average Bonchev–Trinajstić information content (AvgIpc) is 3.07. The molecule has 0 spiro atoms. The molecule has 5 nitrogen and oxygen atoms in total. The van der Waals surface area contributed by atoms with E-state index in [9.17, 15) is 9.59 Å². The topological polar surface area (TPSA) is 61.2 Å². The molecule has 4 rings (SSSR count). The van der Waals surface area contributed by atoms with Gasteiger partial charge in [0, 0.05) is 17.5 Å². The van der Waals surface area contributed by atoms with Gasteiger partial charge in [-0.3, -0.25) is 14.2 Å². The highest BCUT2D eigenvalue weighted by Gasteiger charge is 2.31. The maximum atomic E-state index is 13.1. The summed E-state index contributed by atoms with van der Waals surface area (Å²) in [7, 11) is 0. The Balaban J connectivity index is 1.90. The van der Waals surface area contributed by atoms with Crippen LogP contribution in [0.15, 0.2) is 40.5 Å². The standard InChI is InChI=1S/C19H18N2O3S/c1-2-24-19(23)13-9-6-10-21-16(13)20-17-15(18(21)22)14(11-25-17)12-7-4-3-5-8-12/h3-5,7-8,11,13H,2,6,9-10H2,1H3/t13-/m1/s1. The van der Waals surface area contributed by atoms with E-state index in [4.69, 9.17) is 4.74 Å². The number of hydrogen-bond acceptors (Lipinski definition) is 5. The van der Waals surface area contributed by atoms with Crippen LogP contribution in [0.5, 0.6) is 0 Å². The van der Waals surface area contributed by atoms with Crippen molar-refractivity contribution in [1.82, 2.24) is 9.55 Å². The summed E-state index contributed by atoms with van der Waals surface area (Å²) in [5, 5.41) is 2.62. The van der Waals surface area contributed by atoms with E-state index in [1.165, 1.54) is 11.3 Å². The summed E-state index contributed by atoms with van der Waals surface area (Å²) in [6.45, 7) is 2.71. The number of carbonyl (C=O) groups excluding carboxylic acids is 1. The van der Waals surface area contributed by atoms with Crippen LogP contribution >= 0.6 is 11.3 Å². The first-order chi connectivity index (χ1) is 12.2. The number of fused-ring (bicyclic) bond motifs is 2. The smallest absolute Gasteiger partial charge is 0.316 e. The lowest BCUT2D eigenvalue weighted by molar-refractivity contribution is -0.145. The summed E-state index contributed by atoms with van der Waals surface area (Å²) in [4.78, 5) is 30.8. The van der Waals surface area contributed by atoms with E-state index >= 15 is 0 Å². The molecular formula is C19H18N2O3S. The van der Waals surface area contributed by atoms with Gasteiger partial charge in [0.25, 0.3) is 5.56 Å². The number of aromatic nitrogens is 2. The van der Waals surface area contributed by atoms with Gasteiger partial charge in [0.15, 0.2) is 0 Å². The van der Waals surface area contributed by atoms with E-state index in [1.807, 2.05) is 35.7 Å². The van der Waals surface area contributed by atoms with Crippen molar-refractivity contribution in [1.29, 1.82) is 0 Å². The van der Waals surface area contributed by atoms with E-state index in [0.717, 1.165) is 17.5 Å². The normalized spacial score (nSPS) is 16.6. The molecule has 1 aliphatic rings. The van der Waals surface area contributed by atoms with Crippen molar-refractivity contribution < 1.29 is 9.53 Å². The van der Waals surface area contributed by atoms with Gasteiger partial charge in [-0.05, 0) is 25.3 Å². The zero-order valence-corrected chi connectivity index (χ0v) is 14.7. The van der Waals surface area contributed by atoms with Crippen molar-refractivity contribution in [3.8, 4) is 11.1 Å². The molecule has 0 unspecified atom stereocenters. The number of esters is 1. The minimum absolute atomic E-state index is 0.0610. The largest absolute Gasteiger partial charge is 0.465 e. The van der Waals surface area contributed by atoms with Crippen LogP contribution in [0.1, 0.15) is 31.5 Å². The Hall–Kier alpha value is -2.47. The fraction of sp³-hybridized carbons (Fsp3) is 0.316. The van der Waals surface area contributed by atoms with Gasteiger partial charge in [0.1, 0.15) is 16.6 Å². The Bertz CT molecular complexity index is 991. The maximum Gasteiger partial charge on any atom is 0.316 e. The van der Waals surface area contributed by atoms with Crippen molar-refractivity contribution in [2.24, 2.45) is 0 Å². The number of thiophene rings is 1. The molecule has 1 atom stereocenters. The first-order valence-corrected chi connectivity index (χ1v) is 9.32. The SMILES string of the molecule is CCOC(=O)[C@@H]1CCCn2c1nc1scc(-c3ccccc3)c1c2=O. The fourth-order valence-electron chi connectivity index (χ4n) is 3.40. The molecule has 128 valence electrons. The number of benzene rings is 1. The highest BCUT2D eigenvalue weighted by Crippen LogP contribution is 2.33. The Kier molecular flexibility index (Phi) is 4.13. The minimum atomic E-state index is -0.451. The molecule has 25 heavy (non-hydrogen) atoms. The summed E-state index contributed by atoms with van der Waals surface area (Å²) in [5.41, 5.74) is 1.85. The first kappa shape index (κ1) is 16.0. The molecule has 0 saturated carbocycles. The predicted octanol–water partition coefficient (Wildman–Crippen LogP) is 3.57. The van der Waals surface area contributed by atoms with Crippen LogP contribution in [0, 0.1) is 0 Å². The lowest BCUT2D eigenvalue weighted by atomic mass is 9.98. The molecule has 2 aromatic heterocycles. The molecule has 0 fully saturated rings. The molecular weight excluding hydrogens is 336 g/mol. The summed E-state index contributed by atoms with van der Waals surface area (Å²) in [5.74, 6) is -0.196. The van der Waals surface area contributed by atoms with Crippen molar-refractivity contribution in [2.75, 3.05) is 6.61 Å². The van der Waals surface area contributed by atoms with Crippen LogP contribution in [0.2, 0.25) is 0 Å². The third-order valence-electron chi connectivity index (χ3n) is 4.57. The summed E-state index contributed by atoms with van der Waals surface area (Å²) >= 11 is 1.45. The van der Waals surface area contributed by atoms with E-state index in [2.05, 4.69) is 4.98 Å². The first-order valence-electron chi connectivity index (χ1n) is 8.44. The third kappa shape index (κ3) is 2.66. The van der Waals surface area contributed by atoms with Gasteiger partial charge in [-0.2, -0.15) is 0 Å². The van der Waals surface area contributed by atoms with Gasteiger partial charge in [0.05, 0.1) is 12.0 Å². The molecule has 0 saturated heterocycles. The predicted molar refractivity (Wildman–Crippen MR) is 97.9 cm³/mol. The number of nitrogens with zero attached hydrogens (tertiary/aromatic N) is 2. The van der Waals surface area contributed by atoms with Crippen molar-refractivity contribution in [3.05, 3.63) is 51.9 Å². The Morgan fingerprint density at radius 2 is 2.16 bits per heavy atom. The molecule has 3 heterocycles. The molecule has 0 N–H and O–H groups in total. The Morgan fingerprint density at radius 3 is 2.92 bits per heavy atom. The molecule has 0 bridgehead atoms. The van der Waals surface area contributed by atoms with Crippen LogP contribution in [0.4, 0.5) is 0 Å². The van der Waals surface area contributed by atoms with Gasteiger partial charge < -0.3 is 4.74 Å². The van der Waals surface area contributed by atoms with Gasteiger partial charge in [0.2, 0.25) is 0 Å².